The van der Waals surface area contributed by atoms with Crippen LogP contribution in [0.3, 0.4) is 0 Å². The number of aryl methyl sites for hydroxylation is 1. The van der Waals surface area contributed by atoms with Gasteiger partial charge in [-0.2, -0.15) is 5.10 Å². The molecule has 2 aromatic rings. The van der Waals surface area contributed by atoms with Crippen LogP contribution in [-0.2, 0) is 6.54 Å². The molecule has 1 aliphatic heterocycles. The second kappa shape index (κ2) is 6.41. The Morgan fingerprint density at radius 1 is 1.29 bits per heavy atom. The average molecular weight is 284 g/mol. The third kappa shape index (κ3) is 3.17. The zero-order valence-corrected chi connectivity index (χ0v) is 12.9. The molecule has 0 saturated carbocycles. The quantitative estimate of drug-likeness (QED) is 0.935. The molecular weight excluding hydrogens is 260 g/mol. The molecule has 1 fully saturated rings. The molecule has 4 nitrogen and oxygen atoms in total. The van der Waals surface area contributed by atoms with Gasteiger partial charge in [0.15, 0.2) is 0 Å². The van der Waals surface area contributed by atoms with E-state index in [4.69, 9.17) is 0 Å². The number of rotatable bonds is 4. The van der Waals surface area contributed by atoms with Crippen LogP contribution in [0.1, 0.15) is 24.1 Å². The Balaban J connectivity index is 1.78. The van der Waals surface area contributed by atoms with Crippen LogP contribution in [0.4, 0.5) is 0 Å². The number of piperidine rings is 1. The fourth-order valence-electron chi connectivity index (χ4n) is 3.13. The summed E-state index contributed by atoms with van der Waals surface area (Å²) < 4.78 is 2.08. The van der Waals surface area contributed by atoms with Gasteiger partial charge in [-0.15, -0.1) is 0 Å². The fraction of sp³-hybridized carbons (Fsp3) is 0.471. The van der Waals surface area contributed by atoms with Crippen molar-refractivity contribution in [3.63, 3.8) is 0 Å². The molecule has 1 saturated heterocycles. The van der Waals surface area contributed by atoms with E-state index in [1.807, 2.05) is 6.20 Å². The summed E-state index contributed by atoms with van der Waals surface area (Å²) in [4.78, 5) is 2.52. The van der Waals surface area contributed by atoms with Crippen molar-refractivity contribution in [2.24, 2.45) is 0 Å². The van der Waals surface area contributed by atoms with E-state index in [1.165, 1.54) is 36.3 Å². The van der Waals surface area contributed by atoms with E-state index >= 15 is 0 Å². The normalized spacial score (nSPS) is 19.8. The van der Waals surface area contributed by atoms with Crippen LogP contribution in [0.2, 0.25) is 0 Å². The maximum atomic E-state index is 4.53. The second-order valence-corrected chi connectivity index (χ2v) is 5.88. The SMILES string of the molecule is CNC1CCCN(Cc2ccnn2-c2ccccc2C)C1. The lowest BCUT2D eigenvalue weighted by molar-refractivity contribution is 0.185. The predicted octanol–water partition coefficient (Wildman–Crippen LogP) is 2.36. The highest BCUT2D eigenvalue weighted by Gasteiger charge is 2.19. The van der Waals surface area contributed by atoms with Crippen LogP contribution in [0.25, 0.3) is 5.69 Å². The summed E-state index contributed by atoms with van der Waals surface area (Å²) in [5, 5.41) is 7.93. The molecule has 1 atom stereocenters. The molecule has 1 N–H and O–H groups in total. The van der Waals surface area contributed by atoms with Crippen molar-refractivity contribution in [3.05, 3.63) is 47.8 Å². The van der Waals surface area contributed by atoms with Gasteiger partial charge >= 0.3 is 0 Å². The van der Waals surface area contributed by atoms with E-state index in [2.05, 4.69) is 64.3 Å². The Kier molecular flexibility index (Phi) is 4.36. The summed E-state index contributed by atoms with van der Waals surface area (Å²) >= 11 is 0. The first-order valence-electron chi connectivity index (χ1n) is 7.76. The lowest BCUT2D eigenvalue weighted by Gasteiger charge is -2.32. The molecule has 1 aliphatic rings. The summed E-state index contributed by atoms with van der Waals surface area (Å²) in [6, 6.07) is 11.2. The molecule has 0 spiro atoms. The van der Waals surface area contributed by atoms with E-state index < -0.39 is 0 Å². The molecule has 21 heavy (non-hydrogen) atoms. The van der Waals surface area contributed by atoms with Crippen LogP contribution >= 0.6 is 0 Å². The number of nitrogens with zero attached hydrogens (tertiary/aromatic N) is 3. The number of para-hydroxylation sites is 1. The topological polar surface area (TPSA) is 33.1 Å². The summed E-state index contributed by atoms with van der Waals surface area (Å²) in [6.45, 7) is 5.40. The van der Waals surface area contributed by atoms with Gasteiger partial charge in [-0.3, -0.25) is 4.90 Å². The first kappa shape index (κ1) is 14.3. The van der Waals surface area contributed by atoms with Gasteiger partial charge in [0.1, 0.15) is 0 Å². The largest absolute Gasteiger partial charge is 0.316 e. The number of hydrogen-bond donors (Lipinski definition) is 1. The minimum absolute atomic E-state index is 0.619. The first-order chi connectivity index (χ1) is 10.3. The van der Waals surface area contributed by atoms with Crippen molar-refractivity contribution < 1.29 is 0 Å². The Hall–Kier alpha value is -1.65. The average Bonchev–Trinajstić information content (AvgIpc) is 2.96. The number of likely N-dealkylation sites (N-methyl/N-ethyl adjacent to an activating group) is 1. The number of likely N-dealkylation sites (tertiary alicyclic amines) is 1. The van der Waals surface area contributed by atoms with Gasteiger partial charge in [-0.05, 0) is 51.1 Å². The molecule has 0 radical (unpaired) electrons. The molecule has 0 aliphatic carbocycles. The Morgan fingerprint density at radius 3 is 2.95 bits per heavy atom. The van der Waals surface area contributed by atoms with Crippen molar-refractivity contribution >= 4 is 0 Å². The number of benzene rings is 1. The zero-order chi connectivity index (χ0) is 14.7. The molecule has 112 valence electrons. The summed E-state index contributed by atoms with van der Waals surface area (Å²) in [7, 11) is 2.06. The zero-order valence-electron chi connectivity index (χ0n) is 12.9. The number of aromatic nitrogens is 2. The number of nitrogens with one attached hydrogen (secondary N) is 1. The molecular formula is C17H24N4. The van der Waals surface area contributed by atoms with E-state index in [-0.39, 0.29) is 0 Å². The van der Waals surface area contributed by atoms with Gasteiger partial charge in [0.2, 0.25) is 0 Å². The molecule has 1 aromatic heterocycles. The molecule has 3 rings (SSSR count). The maximum absolute atomic E-state index is 4.53. The highest BCUT2D eigenvalue weighted by molar-refractivity contribution is 5.40. The van der Waals surface area contributed by atoms with E-state index in [1.54, 1.807) is 0 Å². The van der Waals surface area contributed by atoms with Crippen LogP contribution < -0.4 is 5.32 Å². The van der Waals surface area contributed by atoms with Gasteiger partial charge in [0.25, 0.3) is 0 Å². The Morgan fingerprint density at radius 2 is 2.14 bits per heavy atom. The third-order valence-corrected chi connectivity index (χ3v) is 4.36. The monoisotopic (exact) mass is 284 g/mol. The number of hydrogen-bond acceptors (Lipinski definition) is 3. The molecule has 0 bridgehead atoms. The summed E-state index contributed by atoms with van der Waals surface area (Å²) in [6.07, 6.45) is 4.45. The standard InChI is InChI=1S/C17H24N4/c1-14-6-3-4-8-17(14)21-16(9-10-19-21)13-20-11-5-7-15(12-20)18-2/h3-4,6,8-10,15,18H,5,7,11-13H2,1-2H3. The summed E-state index contributed by atoms with van der Waals surface area (Å²) in [5.74, 6) is 0. The van der Waals surface area contributed by atoms with Crippen molar-refractivity contribution in [2.75, 3.05) is 20.1 Å². The first-order valence-corrected chi connectivity index (χ1v) is 7.76. The van der Waals surface area contributed by atoms with Crippen molar-refractivity contribution in [1.29, 1.82) is 0 Å². The van der Waals surface area contributed by atoms with Gasteiger partial charge in [0, 0.05) is 25.3 Å². The Labute approximate surface area is 126 Å². The van der Waals surface area contributed by atoms with Crippen molar-refractivity contribution in [1.82, 2.24) is 20.0 Å². The van der Waals surface area contributed by atoms with Gasteiger partial charge in [0.05, 0.1) is 11.4 Å². The minimum Gasteiger partial charge on any atom is -0.316 e. The molecule has 4 heteroatoms. The smallest absolute Gasteiger partial charge is 0.0678 e. The van der Waals surface area contributed by atoms with E-state index in [0.29, 0.717) is 6.04 Å². The van der Waals surface area contributed by atoms with Crippen LogP contribution in [0.5, 0.6) is 0 Å². The van der Waals surface area contributed by atoms with Crippen LogP contribution in [-0.4, -0.2) is 40.9 Å². The Bertz CT molecular complexity index is 590. The van der Waals surface area contributed by atoms with E-state index in [9.17, 15) is 0 Å². The van der Waals surface area contributed by atoms with Crippen LogP contribution in [0.15, 0.2) is 36.5 Å². The van der Waals surface area contributed by atoms with Gasteiger partial charge < -0.3 is 5.32 Å². The van der Waals surface area contributed by atoms with Crippen LogP contribution in [0, 0.1) is 6.92 Å². The highest BCUT2D eigenvalue weighted by atomic mass is 15.3. The molecule has 1 aromatic carbocycles. The van der Waals surface area contributed by atoms with Gasteiger partial charge in [-0.25, -0.2) is 4.68 Å². The maximum Gasteiger partial charge on any atom is 0.0678 e. The van der Waals surface area contributed by atoms with Gasteiger partial charge in [-0.1, -0.05) is 18.2 Å². The predicted molar refractivity (Wildman–Crippen MR) is 85.7 cm³/mol. The fourth-order valence-corrected chi connectivity index (χ4v) is 3.13. The molecule has 0 amide bonds. The highest BCUT2D eigenvalue weighted by Crippen LogP contribution is 2.18. The minimum atomic E-state index is 0.619. The third-order valence-electron chi connectivity index (χ3n) is 4.36. The molecule has 1 unspecified atom stereocenters. The van der Waals surface area contributed by atoms with E-state index in [0.717, 1.165) is 13.1 Å². The van der Waals surface area contributed by atoms with Crippen molar-refractivity contribution in [3.8, 4) is 5.69 Å². The molecule has 2 heterocycles. The summed E-state index contributed by atoms with van der Waals surface area (Å²) in [5.41, 5.74) is 3.70. The second-order valence-electron chi connectivity index (χ2n) is 5.88. The van der Waals surface area contributed by atoms with Crippen molar-refractivity contribution in [2.45, 2.75) is 32.4 Å². The lowest BCUT2D eigenvalue weighted by atomic mass is 10.1. The lowest BCUT2D eigenvalue weighted by Crippen LogP contribution is -2.44.